The van der Waals surface area contributed by atoms with E-state index >= 15 is 0 Å². The predicted molar refractivity (Wildman–Crippen MR) is 30.4 cm³/mol. The van der Waals surface area contributed by atoms with Crippen molar-refractivity contribution in [2.75, 3.05) is 6.54 Å². The van der Waals surface area contributed by atoms with Gasteiger partial charge in [-0.2, -0.15) is 0 Å². The fourth-order valence-electron chi connectivity index (χ4n) is 0.419. The van der Waals surface area contributed by atoms with E-state index in [0.29, 0.717) is 12.4 Å². The van der Waals surface area contributed by atoms with Gasteiger partial charge in [-0.3, -0.25) is 4.99 Å². The molecule has 0 aliphatic carbocycles. The molecule has 0 unspecified atom stereocenters. The molecule has 1 rings (SSSR count). The van der Waals surface area contributed by atoms with Gasteiger partial charge in [0, 0.05) is 5.03 Å². The zero-order valence-corrected chi connectivity index (χ0v) is 4.44. The number of amidine groups is 1. The van der Waals surface area contributed by atoms with E-state index in [2.05, 4.69) is 4.99 Å². The van der Waals surface area contributed by atoms with Crippen molar-refractivity contribution in [2.45, 2.75) is 0 Å². The second-order valence-electron chi connectivity index (χ2n) is 1.33. The van der Waals surface area contributed by atoms with E-state index in [4.69, 9.17) is 17.3 Å². The Morgan fingerprint density at radius 3 is 2.71 bits per heavy atom. The lowest BCUT2D eigenvalue weighted by atomic mass is 10.5. The van der Waals surface area contributed by atoms with Crippen molar-refractivity contribution in [1.82, 2.24) is 0 Å². The van der Waals surface area contributed by atoms with E-state index < -0.39 is 0 Å². The van der Waals surface area contributed by atoms with Crippen molar-refractivity contribution >= 4 is 17.4 Å². The van der Waals surface area contributed by atoms with Gasteiger partial charge in [-0.1, -0.05) is 11.6 Å². The maximum atomic E-state index is 5.47. The molecule has 0 saturated carbocycles. The molecule has 0 fully saturated rings. The maximum Gasteiger partial charge on any atom is 0.119 e. The minimum atomic E-state index is 0.532. The van der Waals surface area contributed by atoms with Gasteiger partial charge in [-0.25, -0.2) is 0 Å². The van der Waals surface area contributed by atoms with Crippen LogP contribution in [0, 0.1) is 0 Å². The Hall–Kier alpha value is -0.500. The molecule has 3 heteroatoms. The lowest BCUT2D eigenvalue weighted by molar-refractivity contribution is 1.25. The molecule has 1 aliphatic heterocycles. The number of nitrogens with zero attached hydrogens (tertiary/aromatic N) is 1. The molecule has 0 amide bonds. The average molecular weight is 117 g/mol. The van der Waals surface area contributed by atoms with Gasteiger partial charge in [0.2, 0.25) is 0 Å². The third-order valence-electron chi connectivity index (χ3n) is 0.717. The van der Waals surface area contributed by atoms with E-state index in [1.807, 2.05) is 0 Å². The molecule has 0 aromatic heterocycles. The summed E-state index contributed by atoms with van der Waals surface area (Å²) in [5.41, 5.74) is 5.21. The molecule has 0 saturated heterocycles. The largest absolute Gasteiger partial charge is 0.384 e. The highest BCUT2D eigenvalue weighted by atomic mass is 35.5. The van der Waals surface area contributed by atoms with Crippen molar-refractivity contribution in [3.63, 3.8) is 0 Å². The fourth-order valence-corrected chi connectivity index (χ4v) is 0.590. The van der Waals surface area contributed by atoms with Crippen LogP contribution in [0.4, 0.5) is 0 Å². The molecule has 1 heterocycles. The lowest BCUT2D eigenvalue weighted by Gasteiger charge is -1.74. The van der Waals surface area contributed by atoms with Crippen LogP contribution in [0.15, 0.2) is 16.1 Å². The van der Waals surface area contributed by atoms with Crippen LogP contribution in [-0.2, 0) is 0 Å². The van der Waals surface area contributed by atoms with Gasteiger partial charge < -0.3 is 5.73 Å². The Kier molecular flexibility index (Phi) is 1.02. The van der Waals surface area contributed by atoms with Crippen LogP contribution in [0.2, 0.25) is 0 Å². The standard InChI is InChI=1S/C4H5ClN2/c5-3-1-4(6)7-2-3/h1H,2H2,(H2,6,7). The van der Waals surface area contributed by atoms with Crippen molar-refractivity contribution in [1.29, 1.82) is 0 Å². The van der Waals surface area contributed by atoms with Gasteiger partial charge in [-0.15, -0.1) is 0 Å². The van der Waals surface area contributed by atoms with E-state index in [9.17, 15) is 0 Å². The van der Waals surface area contributed by atoms with E-state index in [-0.39, 0.29) is 0 Å². The van der Waals surface area contributed by atoms with Gasteiger partial charge in [0.05, 0.1) is 6.54 Å². The van der Waals surface area contributed by atoms with Crippen molar-refractivity contribution in [2.24, 2.45) is 10.7 Å². The second kappa shape index (κ2) is 1.54. The molecule has 2 N–H and O–H groups in total. The highest BCUT2D eigenvalue weighted by molar-refractivity contribution is 6.32. The van der Waals surface area contributed by atoms with Crippen LogP contribution >= 0.6 is 11.6 Å². The molecule has 38 valence electrons. The molecule has 0 atom stereocenters. The zero-order valence-electron chi connectivity index (χ0n) is 3.69. The first kappa shape index (κ1) is 4.65. The topological polar surface area (TPSA) is 38.4 Å². The second-order valence-corrected chi connectivity index (χ2v) is 1.82. The number of halogens is 1. The molecule has 7 heavy (non-hydrogen) atoms. The third-order valence-corrected chi connectivity index (χ3v) is 0.946. The Bertz CT molecular complexity index is 137. The minimum Gasteiger partial charge on any atom is -0.384 e. The molecule has 0 aromatic carbocycles. The van der Waals surface area contributed by atoms with Gasteiger partial charge in [-0.05, 0) is 6.08 Å². The summed E-state index contributed by atoms with van der Waals surface area (Å²) in [5.74, 6) is 0.532. The summed E-state index contributed by atoms with van der Waals surface area (Å²) >= 11 is 5.47. The molecule has 0 bridgehead atoms. The van der Waals surface area contributed by atoms with Crippen molar-refractivity contribution in [3.05, 3.63) is 11.1 Å². The molecule has 0 spiro atoms. The summed E-state index contributed by atoms with van der Waals surface area (Å²) < 4.78 is 0. The maximum absolute atomic E-state index is 5.47. The van der Waals surface area contributed by atoms with E-state index in [0.717, 1.165) is 5.03 Å². The van der Waals surface area contributed by atoms with Crippen LogP contribution in [0.1, 0.15) is 0 Å². The van der Waals surface area contributed by atoms with Crippen LogP contribution in [0.25, 0.3) is 0 Å². The summed E-state index contributed by atoms with van der Waals surface area (Å²) in [4.78, 5) is 3.79. The molecular weight excluding hydrogens is 112 g/mol. The Morgan fingerprint density at radius 1 is 1.86 bits per heavy atom. The van der Waals surface area contributed by atoms with Crippen LogP contribution in [0.3, 0.4) is 0 Å². The molecular formula is C4H5ClN2. The third kappa shape index (κ3) is 0.933. The molecule has 2 nitrogen and oxygen atoms in total. The molecule has 0 radical (unpaired) electrons. The average Bonchev–Trinajstić information content (AvgIpc) is 1.87. The van der Waals surface area contributed by atoms with Gasteiger partial charge in [0.1, 0.15) is 5.84 Å². The minimum absolute atomic E-state index is 0.532. The number of hydrogen-bond donors (Lipinski definition) is 1. The zero-order chi connectivity index (χ0) is 5.28. The summed E-state index contributed by atoms with van der Waals surface area (Å²) in [6.45, 7) is 0.563. The van der Waals surface area contributed by atoms with Gasteiger partial charge >= 0.3 is 0 Å². The Morgan fingerprint density at radius 2 is 2.57 bits per heavy atom. The Balaban J connectivity index is 2.69. The summed E-state index contributed by atoms with van der Waals surface area (Å²) in [7, 11) is 0. The molecule has 0 aromatic rings. The summed E-state index contributed by atoms with van der Waals surface area (Å²) in [6, 6.07) is 0. The highest BCUT2D eigenvalue weighted by Crippen LogP contribution is 2.05. The Labute approximate surface area is 46.7 Å². The van der Waals surface area contributed by atoms with Crippen LogP contribution in [-0.4, -0.2) is 12.4 Å². The van der Waals surface area contributed by atoms with E-state index in [1.54, 1.807) is 6.08 Å². The van der Waals surface area contributed by atoms with Crippen LogP contribution < -0.4 is 5.73 Å². The number of aliphatic imine (C=N–C) groups is 1. The first-order valence-electron chi connectivity index (χ1n) is 1.95. The number of nitrogens with two attached hydrogens (primary N) is 1. The van der Waals surface area contributed by atoms with E-state index in [1.165, 1.54) is 0 Å². The first-order valence-corrected chi connectivity index (χ1v) is 2.33. The smallest absolute Gasteiger partial charge is 0.119 e. The number of hydrogen-bond acceptors (Lipinski definition) is 2. The summed E-state index contributed by atoms with van der Waals surface area (Å²) in [5, 5.41) is 0.720. The highest BCUT2D eigenvalue weighted by Gasteiger charge is 1.98. The monoisotopic (exact) mass is 116 g/mol. The summed E-state index contributed by atoms with van der Waals surface area (Å²) in [6.07, 6.45) is 1.65. The predicted octanol–water partition coefficient (Wildman–Crippen LogP) is 0.480. The van der Waals surface area contributed by atoms with Crippen LogP contribution in [0.5, 0.6) is 0 Å². The lowest BCUT2D eigenvalue weighted by Crippen LogP contribution is -2.03. The van der Waals surface area contributed by atoms with Gasteiger partial charge in [0.15, 0.2) is 0 Å². The molecule has 1 aliphatic rings. The SMILES string of the molecule is NC1=NCC(Cl)=C1. The van der Waals surface area contributed by atoms with Crippen molar-refractivity contribution in [3.8, 4) is 0 Å². The van der Waals surface area contributed by atoms with Crippen molar-refractivity contribution < 1.29 is 0 Å². The van der Waals surface area contributed by atoms with Gasteiger partial charge in [0.25, 0.3) is 0 Å². The number of rotatable bonds is 0. The fraction of sp³-hybridized carbons (Fsp3) is 0.250. The quantitative estimate of drug-likeness (QED) is 0.491. The normalized spacial score (nSPS) is 19.0. The first-order chi connectivity index (χ1) is 3.29.